The molecule has 3 rings (SSSR count). The molecule has 0 spiro atoms. The number of rotatable bonds is 4. The van der Waals surface area contributed by atoms with Crippen molar-refractivity contribution in [1.82, 2.24) is 24.9 Å². The van der Waals surface area contributed by atoms with Crippen LogP contribution in [0.2, 0.25) is 0 Å². The van der Waals surface area contributed by atoms with Gasteiger partial charge in [-0.05, 0) is 34.1 Å². The van der Waals surface area contributed by atoms with Gasteiger partial charge in [-0.25, -0.2) is 0 Å². The van der Waals surface area contributed by atoms with Gasteiger partial charge in [-0.2, -0.15) is 0 Å². The molecule has 0 bridgehead atoms. The summed E-state index contributed by atoms with van der Waals surface area (Å²) in [5.74, 6) is 0.663. The molecule has 0 aliphatic heterocycles. The summed E-state index contributed by atoms with van der Waals surface area (Å²) < 4.78 is 2.69. The quantitative estimate of drug-likeness (QED) is 0.783. The molecule has 0 fully saturated rings. The Hall–Kier alpha value is -2.28. The predicted molar refractivity (Wildman–Crippen MR) is 81.0 cm³/mol. The van der Waals surface area contributed by atoms with Gasteiger partial charge < -0.3 is 5.32 Å². The van der Waals surface area contributed by atoms with Crippen molar-refractivity contribution < 1.29 is 4.79 Å². The number of aromatic nitrogens is 4. The summed E-state index contributed by atoms with van der Waals surface area (Å²) in [6.45, 7) is 0.487. The lowest BCUT2D eigenvalue weighted by molar-refractivity contribution is 0.0953. The fourth-order valence-corrected chi connectivity index (χ4v) is 2.35. The van der Waals surface area contributed by atoms with E-state index in [2.05, 4.69) is 36.4 Å². The highest BCUT2D eigenvalue weighted by atomic mass is 79.9. The molecule has 1 amide bonds. The Morgan fingerprint density at radius 1 is 1.29 bits per heavy atom. The zero-order valence-electron chi connectivity index (χ0n) is 11.0. The maximum Gasteiger partial charge on any atom is 0.252 e. The van der Waals surface area contributed by atoms with Crippen LogP contribution in [0.15, 0.2) is 47.3 Å². The van der Waals surface area contributed by atoms with Crippen LogP contribution in [0, 0.1) is 0 Å². The molecular formula is C14H12BrN5O. The molecule has 21 heavy (non-hydrogen) atoms. The number of fused-ring (bicyclic) bond motifs is 1. The highest BCUT2D eigenvalue weighted by Crippen LogP contribution is 2.09. The van der Waals surface area contributed by atoms with Crippen LogP contribution in [0.1, 0.15) is 16.2 Å². The van der Waals surface area contributed by atoms with Crippen LogP contribution >= 0.6 is 15.9 Å². The lowest BCUT2D eigenvalue weighted by atomic mass is 10.2. The minimum atomic E-state index is -0.155. The second-order valence-electron chi connectivity index (χ2n) is 4.44. The summed E-state index contributed by atoms with van der Waals surface area (Å²) in [4.78, 5) is 15.9. The lowest BCUT2D eigenvalue weighted by Gasteiger charge is -2.04. The zero-order valence-corrected chi connectivity index (χ0v) is 12.6. The molecule has 0 aliphatic carbocycles. The summed E-state index contributed by atoms with van der Waals surface area (Å²) in [5.41, 5.74) is 1.32. The van der Waals surface area contributed by atoms with Crippen LogP contribution in [0.4, 0.5) is 0 Å². The van der Waals surface area contributed by atoms with E-state index in [1.807, 2.05) is 28.8 Å². The Balaban J connectivity index is 1.62. The molecule has 3 aromatic rings. The first kappa shape index (κ1) is 13.7. The first-order chi connectivity index (χ1) is 10.2. The first-order valence-electron chi connectivity index (χ1n) is 6.41. The highest BCUT2D eigenvalue weighted by Gasteiger charge is 2.08. The third-order valence-electron chi connectivity index (χ3n) is 2.99. The maximum atomic E-state index is 12.0. The van der Waals surface area contributed by atoms with E-state index in [4.69, 9.17) is 0 Å². The zero-order chi connectivity index (χ0) is 14.7. The van der Waals surface area contributed by atoms with Gasteiger partial charge in [0.05, 0.1) is 5.56 Å². The van der Waals surface area contributed by atoms with Gasteiger partial charge in [0.15, 0.2) is 5.65 Å². The number of carbonyl (C=O) groups is 1. The van der Waals surface area contributed by atoms with Crippen molar-refractivity contribution in [1.29, 1.82) is 0 Å². The van der Waals surface area contributed by atoms with E-state index in [1.54, 1.807) is 12.3 Å². The maximum absolute atomic E-state index is 12.0. The van der Waals surface area contributed by atoms with Crippen molar-refractivity contribution in [3.05, 3.63) is 58.7 Å². The summed E-state index contributed by atoms with van der Waals surface area (Å²) in [6, 6.07) is 7.46. The van der Waals surface area contributed by atoms with E-state index >= 15 is 0 Å². The van der Waals surface area contributed by atoms with Crippen LogP contribution in [0.5, 0.6) is 0 Å². The Bertz CT molecular complexity index is 786. The molecule has 0 radical (unpaired) electrons. The number of nitrogens with one attached hydrogen (secondary N) is 1. The predicted octanol–water partition coefficient (Wildman–Crippen LogP) is 1.86. The standard InChI is InChI=1S/C14H12BrN5O/c15-11-7-10(8-16-9-11)14(21)17-5-4-13-19-18-12-3-1-2-6-20(12)13/h1-3,6-9H,4-5H2,(H,17,21). The number of carbonyl (C=O) groups excluding carboxylic acids is 1. The molecule has 0 aliphatic rings. The van der Waals surface area contributed by atoms with Gasteiger partial charge in [-0.1, -0.05) is 6.07 Å². The number of hydrogen-bond donors (Lipinski definition) is 1. The number of hydrogen-bond acceptors (Lipinski definition) is 4. The van der Waals surface area contributed by atoms with Gasteiger partial charge >= 0.3 is 0 Å². The van der Waals surface area contributed by atoms with Crippen molar-refractivity contribution >= 4 is 27.5 Å². The summed E-state index contributed by atoms with van der Waals surface area (Å²) in [7, 11) is 0. The molecular weight excluding hydrogens is 334 g/mol. The van der Waals surface area contributed by atoms with Gasteiger partial charge in [-0.3, -0.25) is 14.2 Å². The van der Waals surface area contributed by atoms with Crippen molar-refractivity contribution in [3.63, 3.8) is 0 Å². The van der Waals surface area contributed by atoms with Crippen LogP contribution in [0.25, 0.3) is 5.65 Å². The van der Waals surface area contributed by atoms with Crippen molar-refractivity contribution in [2.75, 3.05) is 6.54 Å². The third kappa shape index (κ3) is 3.08. The van der Waals surface area contributed by atoms with Gasteiger partial charge in [-0.15, -0.1) is 10.2 Å². The van der Waals surface area contributed by atoms with E-state index in [-0.39, 0.29) is 5.91 Å². The summed E-state index contributed by atoms with van der Waals surface area (Å²) in [5, 5.41) is 11.0. The third-order valence-corrected chi connectivity index (χ3v) is 3.42. The minimum Gasteiger partial charge on any atom is -0.352 e. The smallest absolute Gasteiger partial charge is 0.252 e. The molecule has 0 unspecified atom stereocenters. The molecule has 1 N–H and O–H groups in total. The van der Waals surface area contributed by atoms with Crippen LogP contribution in [-0.4, -0.2) is 32.0 Å². The van der Waals surface area contributed by atoms with E-state index in [1.165, 1.54) is 6.20 Å². The second-order valence-corrected chi connectivity index (χ2v) is 5.36. The van der Waals surface area contributed by atoms with Crippen molar-refractivity contribution in [2.24, 2.45) is 0 Å². The van der Waals surface area contributed by atoms with Crippen LogP contribution in [-0.2, 0) is 6.42 Å². The van der Waals surface area contributed by atoms with E-state index in [9.17, 15) is 4.79 Å². The molecule has 0 aromatic carbocycles. The monoisotopic (exact) mass is 345 g/mol. The average molecular weight is 346 g/mol. The molecule has 6 nitrogen and oxygen atoms in total. The van der Waals surface area contributed by atoms with Gasteiger partial charge in [0, 0.05) is 36.0 Å². The fraction of sp³-hybridized carbons (Fsp3) is 0.143. The Morgan fingerprint density at radius 2 is 2.19 bits per heavy atom. The minimum absolute atomic E-state index is 0.155. The first-order valence-corrected chi connectivity index (χ1v) is 7.21. The summed E-state index contributed by atoms with van der Waals surface area (Å²) >= 11 is 3.29. The topological polar surface area (TPSA) is 72.2 Å². The van der Waals surface area contributed by atoms with Crippen molar-refractivity contribution in [2.45, 2.75) is 6.42 Å². The van der Waals surface area contributed by atoms with Gasteiger partial charge in [0.2, 0.25) is 0 Å². The number of pyridine rings is 2. The average Bonchev–Trinajstić information content (AvgIpc) is 2.91. The number of nitrogens with zero attached hydrogens (tertiary/aromatic N) is 4. The Labute approximate surface area is 129 Å². The molecule has 3 aromatic heterocycles. The van der Waals surface area contributed by atoms with E-state index in [0.717, 1.165) is 15.9 Å². The molecule has 7 heteroatoms. The SMILES string of the molecule is O=C(NCCc1nnc2ccccn12)c1cncc(Br)c1. The second kappa shape index (κ2) is 6.01. The van der Waals surface area contributed by atoms with Gasteiger partial charge in [0.25, 0.3) is 5.91 Å². The van der Waals surface area contributed by atoms with Crippen molar-refractivity contribution in [3.8, 4) is 0 Å². The Morgan fingerprint density at radius 3 is 3.05 bits per heavy atom. The molecule has 106 valence electrons. The number of amides is 1. The molecule has 0 saturated heterocycles. The fourth-order valence-electron chi connectivity index (χ4n) is 1.99. The van der Waals surface area contributed by atoms with E-state index < -0.39 is 0 Å². The highest BCUT2D eigenvalue weighted by molar-refractivity contribution is 9.10. The molecule has 0 atom stereocenters. The normalized spacial score (nSPS) is 10.7. The van der Waals surface area contributed by atoms with Crippen LogP contribution in [0.3, 0.4) is 0 Å². The Kier molecular flexibility index (Phi) is 3.92. The lowest BCUT2D eigenvalue weighted by Crippen LogP contribution is -2.26. The van der Waals surface area contributed by atoms with Gasteiger partial charge in [0.1, 0.15) is 5.82 Å². The largest absolute Gasteiger partial charge is 0.352 e. The molecule has 3 heterocycles. The van der Waals surface area contributed by atoms with E-state index in [0.29, 0.717) is 18.5 Å². The van der Waals surface area contributed by atoms with Crippen LogP contribution < -0.4 is 5.32 Å². The number of halogens is 1. The summed E-state index contributed by atoms with van der Waals surface area (Å²) in [6.07, 6.45) is 5.69. The molecule has 0 saturated carbocycles.